The first-order valence-corrected chi connectivity index (χ1v) is 4.76. The van der Waals surface area contributed by atoms with Crippen LogP contribution in [0, 0.1) is 17.3 Å². The number of hydrogen-bond acceptors (Lipinski definition) is 0. The molecule has 10 heavy (non-hydrogen) atoms. The molecule has 0 aromatic rings. The molecular formula is C10H18. The monoisotopic (exact) mass is 138 g/mol. The van der Waals surface area contributed by atoms with Gasteiger partial charge in [-0.05, 0) is 42.9 Å². The number of fused-ring (bicyclic) bond motifs is 1. The maximum Gasteiger partial charge on any atom is -0.0246 e. The summed E-state index contributed by atoms with van der Waals surface area (Å²) < 4.78 is 0. The smallest absolute Gasteiger partial charge is 0.0246 e. The molecule has 2 rings (SSSR count). The van der Waals surface area contributed by atoms with Gasteiger partial charge in [-0.15, -0.1) is 0 Å². The average molecular weight is 138 g/mol. The van der Waals surface area contributed by atoms with E-state index >= 15 is 0 Å². The van der Waals surface area contributed by atoms with E-state index in [1.54, 1.807) is 0 Å². The van der Waals surface area contributed by atoms with Gasteiger partial charge in [-0.2, -0.15) is 0 Å². The quantitative estimate of drug-likeness (QED) is 0.522. The van der Waals surface area contributed by atoms with Crippen LogP contribution in [0.4, 0.5) is 0 Å². The summed E-state index contributed by atoms with van der Waals surface area (Å²) in [4.78, 5) is 0. The minimum atomic E-state index is 0.833. The molecule has 0 bridgehead atoms. The second-order valence-electron chi connectivity index (χ2n) is 4.52. The molecule has 0 spiro atoms. The average Bonchev–Trinajstić information content (AvgIpc) is 2.09. The Kier molecular flexibility index (Phi) is 1.33. The predicted octanol–water partition coefficient (Wildman–Crippen LogP) is 3.22. The zero-order chi connectivity index (χ0) is 7.19. The van der Waals surface area contributed by atoms with Gasteiger partial charge in [0.1, 0.15) is 0 Å². The lowest BCUT2D eigenvalue weighted by molar-refractivity contribution is 0.0120. The van der Waals surface area contributed by atoms with Crippen molar-refractivity contribution in [2.45, 2.75) is 46.0 Å². The van der Waals surface area contributed by atoms with E-state index in [0.29, 0.717) is 0 Å². The van der Waals surface area contributed by atoms with Gasteiger partial charge in [0, 0.05) is 0 Å². The summed E-state index contributed by atoms with van der Waals surface area (Å²) in [6.07, 6.45) is 7.67. The summed E-state index contributed by atoms with van der Waals surface area (Å²) in [6.45, 7) is 4.83. The van der Waals surface area contributed by atoms with Crippen molar-refractivity contribution in [2.75, 3.05) is 0 Å². The van der Waals surface area contributed by atoms with Gasteiger partial charge >= 0.3 is 0 Å². The third-order valence-corrected chi connectivity index (χ3v) is 4.12. The summed E-state index contributed by atoms with van der Waals surface area (Å²) >= 11 is 0. The molecule has 0 N–H and O–H groups in total. The molecule has 2 fully saturated rings. The van der Waals surface area contributed by atoms with Crippen LogP contribution >= 0.6 is 0 Å². The highest BCUT2D eigenvalue weighted by Gasteiger charge is 2.50. The molecule has 0 aromatic heterocycles. The third-order valence-electron chi connectivity index (χ3n) is 4.12. The molecule has 1 unspecified atom stereocenters. The van der Waals surface area contributed by atoms with Crippen LogP contribution in [-0.2, 0) is 0 Å². The van der Waals surface area contributed by atoms with Crippen molar-refractivity contribution < 1.29 is 0 Å². The van der Waals surface area contributed by atoms with Gasteiger partial charge in [-0.25, -0.2) is 0 Å². The Morgan fingerprint density at radius 3 is 2.30 bits per heavy atom. The standard InChI is InChI=1S/C10H18/c1-8(2)10-6-3-4-9(10)5-7-10/h8-9H,3-7H2,1-2H3/t9?,10-/m1/s1. The lowest BCUT2D eigenvalue weighted by atomic mass is 9.56. The van der Waals surface area contributed by atoms with Gasteiger partial charge in [0.05, 0.1) is 0 Å². The van der Waals surface area contributed by atoms with Crippen molar-refractivity contribution in [3.8, 4) is 0 Å². The topological polar surface area (TPSA) is 0 Å². The molecule has 0 heteroatoms. The third kappa shape index (κ3) is 0.627. The van der Waals surface area contributed by atoms with Crippen molar-refractivity contribution in [2.24, 2.45) is 17.3 Å². The zero-order valence-electron chi connectivity index (χ0n) is 7.19. The molecule has 0 amide bonds. The van der Waals surface area contributed by atoms with Crippen molar-refractivity contribution in [1.29, 1.82) is 0 Å². The molecule has 2 aliphatic carbocycles. The molecule has 0 heterocycles. The molecule has 0 nitrogen and oxygen atoms in total. The molecular weight excluding hydrogens is 120 g/mol. The van der Waals surface area contributed by atoms with Crippen LogP contribution in [0.15, 0.2) is 0 Å². The van der Waals surface area contributed by atoms with Crippen molar-refractivity contribution in [1.82, 2.24) is 0 Å². The number of hydrogen-bond donors (Lipinski definition) is 0. The summed E-state index contributed by atoms with van der Waals surface area (Å²) in [7, 11) is 0. The van der Waals surface area contributed by atoms with Crippen LogP contribution in [-0.4, -0.2) is 0 Å². The Hall–Kier alpha value is 0. The van der Waals surface area contributed by atoms with Crippen molar-refractivity contribution in [3.05, 3.63) is 0 Å². The molecule has 2 saturated carbocycles. The Labute approximate surface area is 64.0 Å². The molecule has 0 aromatic carbocycles. The van der Waals surface area contributed by atoms with Crippen molar-refractivity contribution >= 4 is 0 Å². The first kappa shape index (κ1) is 6.69. The predicted molar refractivity (Wildman–Crippen MR) is 43.8 cm³/mol. The van der Waals surface area contributed by atoms with E-state index in [-0.39, 0.29) is 0 Å². The lowest BCUT2D eigenvalue weighted by Crippen LogP contribution is -2.40. The van der Waals surface area contributed by atoms with Crippen LogP contribution in [0.25, 0.3) is 0 Å². The zero-order valence-corrected chi connectivity index (χ0v) is 7.19. The van der Waals surface area contributed by atoms with E-state index in [9.17, 15) is 0 Å². The summed E-state index contributed by atoms with van der Waals surface area (Å²) in [5.41, 5.74) is 0.833. The van der Waals surface area contributed by atoms with Crippen LogP contribution in [0.1, 0.15) is 46.0 Å². The van der Waals surface area contributed by atoms with Crippen LogP contribution in [0.3, 0.4) is 0 Å². The Bertz CT molecular complexity index is 137. The molecule has 2 atom stereocenters. The van der Waals surface area contributed by atoms with Gasteiger partial charge < -0.3 is 0 Å². The normalized spacial score (nSPS) is 45.3. The summed E-state index contributed by atoms with van der Waals surface area (Å²) in [6, 6.07) is 0. The Morgan fingerprint density at radius 2 is 2.00 bits per heavy atom. The fraction of sp³-hybridized carbons (Fsp3) is 1.00. The second-order valence-corrected chi connectivity index (χ2v) is 4.52. The van der Waals surface area contributed by atoms with Crippen LogP contribution in [0.2, 0.25) is 0 Å². The highest BCUT2D eigenvalue weighted by Crippen LogP contribution is 2.61. The highest BCUT2D eigenvalue weighted by molar-refractivity contribution is 5.01. The van der Waals surface area contributed by atoms with Gasteiger partial charge in [0.15, 0.2) is 0 Å². The van der Waals surface area contributed by atoms with Crippen molar-refractivity contribution in [3.63, 3.8) is 0 Å². The van der Waals surface area contributed by atoms with E-state index in [0.717, 1.165) is 17.3 Å². The maximum absolute atomic E-state index is 2.41. The summed E-state index contributed by atoms with van der Waals surface area (Å²) in [5, 5.41) is 0. The van der Waals surface area contributed by atoms with E-state index in [2.05, 4.69) is 13.8 Å². The minimum absolute atomic E-state index is 0.833. The van der Waals surface area contributed by atoms with E-state index in [1.165, 1.54) is 32.1 Å². The fourth-order valence-electron chi connectivity index (χ4n) is 3.21. The maximum atomic E-state index is 2.41. The van der Waals surface area contributed by atoms with E-state index in [4.69, 9.17) is 0 Å². The van der Waals surface area contributed by atoms with Gasteiger partial charge in [0.2, 0.25) is 0 Å². The minimum Gasteiger partial charge on any atom is -0.0622 e. The molecule has 0 radical (unpaired) electrons. The molecule has 0 aliphatic heterocycles. The SMILES string of the molecule is CC(C)[C@]12CCCC1CC2. The lowest BCUT2D eigenvalue weighted by Gasteiger charge is -2.48. The van der Waals surface area contributed by atoms with Gasteiger partial charge in [-0.3, -0.25) is 0 Å². The number of rotatable bonds is 1. The molecule has 2 aliphatic rings. The summed E-state index contributed by atoms with van der Waals surface area (Å²) in [5.74, 6) is 2.08. The molecule has 58 valence electrons. The highest BCUT2D eigenvalue weighted by atomic mass is 14.6. The largest absolute Gasteiger partial charge is 0.0622 e. The second kappa shape index (κ2) is 1.99. The molecule has 0 saturated heterocycles. The van der Waals surface area contributed by atoms with Crippen LogP contribution in [0.5, 0.6) is 0 Å². The Morgan fingerprint density at radius 1 is 1.20 bits per heavy atom. The van der Waals surface area contributed by atoms with Gasteiger partial charge in [-0.1, -0.05) is 20.3 Å². The fourth-order valence-corrected chi connectivity index (χ4v) is 3.21. The van der Waals surface area contributed by atoms with E-state index < -0.39 is 0 Å². The Balaban J connectivity index is 2.14. The van der Waals surface area contributed by atoms with E-state index in [1.807, 2.05) is 0 Å². The van der Waals surface area contributed by atoms with Gasteiger partial charge in [0.25, 0.3) is 0 Å². The first-order chi connectivity index (χ1) is 4.76. The van der Waals surface area contributed by atoms with Crippen LogP contribution < -0.4 is 0 Å². The first-order valence-electron chi connectivity index (χ1n) is 4.76.